The van der Waals surface area contributed by atoms with Crippen molar-refractivity contribution in [3.63, 3.8) is 0 Å². The quantitative estimate of drug-likeness (QED) is 0.690. The van der Waals surface area contributed by atoms with Gasteiger partial charge in [0, 0.05) is 0 Å². The molecule has 0 unspecified atom stereocenters. The molecule has 0 aliphatic carbocycles. The highest BCUT2D eigenvalue weighted by molar-refractivity contribution is 5.14. The smallest absolute Gasteiger partial charge is 0.0717 e. The van der Waals surface area contributed by atoms with Gasteiger partial charge < -0.3 is 4.74 Å². The van der Waals surface area contributed by atoms with Crippen LogP contribution in [0.5, 0.6) is 0 Å². The van der Waals surface area contributed by atoms with E-state index >= 15 is 0 Å². The molecular formula is C15H15O. The Labute approximate surface area is 96.7 Å². The van der Waals surface area contributed by atoms with Gasteiger partial charge in [0.1, 0.15) is 0 Å². The van der Waals surface area contributed by atoms with Crippen molar-refractivity contribution in [1.29, 1.82) is 0 Å². The van der Waals surface area contributed by atoms with E-state index in [-0.39, 0.29) is 0 Å². The fraction of sp³-hybridized carbons (Fsp3) is 0.200. The maximum absolute atomic E-state index is 5.61. The lowest BCUT2D eigenvalue weighted by Crippen LogP contribution is -1.98. The second kappa shape index (κ2) is 6.09. The van der Waals surface area contributed by atoms with Gasteiger partial charge in [-0.15, -0.1) is 0 Å². The predicted octanol–water partition coefficient (Wildman–Crippen LogP) is 3.25. The fourth-order valence-electron chi connectivity index (χ4n) is 1.54. The Morgan fingerprint density at radius 1 is 0.875 bits per heavy atom. The summed E-state index contributed by atoms with van der Waals surface area (Å²) in [5.74, 6) is 0. The highest BCUT2D eigenvalue weighted by atomic mass is 16.5. The van der Waals surface area contributed by atoms with Crippen LogP contribution in [0, 0.1) is 6.07 Å². The molecule has 2 aromatic carbocycles. The molecule has 0 bridgehead atoms. The van der Waals surface area contributed by atoms with Crippen LogP contribution in [0.3, 0.4) is 0 Å². The topological polar surface area (TPSA) is 9.23 Å². The van der Waals surface area contributed by atoms with Gasteiger partial charge in [-0.1, -0.05) is 54.6 Å². The molecule has 81 valence electrons. The normalized spacial score (nSPS) is 10.2. The molecule has 0 atom stereocenters. The molecule has 0 amide bonds. The molecule has 0 N–H and O–H groups in total. The van der Waals surface area contributed by atoms with Gasteiger partial charge in [0.2, 0.25) is 0 Å². The van der Waals surface area contributed by atoms with E-state index in [0.717, 1.165) is 13.0 Å². The number of hydrogen-bond donors (Lipinski definition) is 0. The van der Waals surface area contributed by atoms with Crippen molar-refractivity contribution < 1.29 is 4.74 Å². The molecule has 1 heteroatoms. The summed E-state index contributed by atoms with van der Waals surface area (Å²) in [6.07, 6.45) is 0.960. The summed E-state index contributed by atoms with van der Waals surface area (Å²) in [6, 6.07) is 21.3. The monoisotopic (exact) mass is 211 g/mol. The second-order valence-corrected chi connectivity index (χ2v) is 3.70. The molecule has 1 nitrogen and oxygen atoms in total. The zero-order valence-electron chi connectivity index (χ0n) is 9.23. The van der Waals surface area contributed by atoms with E-state index in [2.05, 4.69) is 30.3 Å². The zero-order chi connectivity index (χ0) is 11.1. The van der Waals surface area contributed by atoms with Crippen LogP contribution in [0.4, 0.5) is 0 Å². The van der Waals surface area contributed by atoms with Crippen molar-refractivity contribution >= 4 is 0 Å². The van der Waals surface area contributed by atoms with Gasteiger partial charge in [0.15, 0.2) is 0 Å². The first-order valence-electron chi connectivity index (χ1n) is 5.52. The summed E-state index contributed by atoms with van der Waals surface area (Å²) in [7, 11) is 0. The first-order chi connectivity index (χ1) is 7.95. The molecule has 1 radical (unpaired) electrons. The van der Waals surface area contributed by atoms with E-state index in [4.69, 9.17) is 4.74 Å². The summed E-state index contributed by atoms with van der Waals surface area (Å²) < 4.78 is 5.61. The van der Waals surface area contributed by atoms with Gasteiger partial charge in [-0.05, 0) is 23.6 Å². The van der Waals surface area contributed by atoms with Crippen LogP contribution in [-0.4, -0.2) is 6.61 Å². The molecule has 0 saturated carbocycles. The first kappa shape index (κ1) is 10.9. The molecule has 0 spiro atoms. The third kappa shape index (κ3) is 3.52. The van der Waals surface area contributed by atoms with Gasteiger partial charge in [0.25, 0.3) is 0 Å². The van der Waals surface area contributed by atoms with Gasteiger partial charge in [-0.2, -0.15) is 0 Å². The van der Waals surface area contributed by atoms with Crippen LogP contribution in [0.1, 0.15) is 11.1 Å². The van der Waals surface area contributed by atoms with E-state index in [0.29, 0.717) is 6.61 Å². The maximum atomic E-state index is 5.61. The predicted molar refractivity (Wildman–Crippen MR) is 65.1 cm³/mol. The van der Waals surface area contributed by atoms with E-state index < -0.39 is 0 Å². The molecule has 16 heavy (non-hydrogen) atoms. The Bertz CT molecular complexity index is 353. The SMILES string of the molecule is [c]1ccc(CCOCc2ccccc2)cc1. The van der Waals surface area contributed by atoms with Gasteiger partial charge in [-0.3, -0.25) is 0 Å². The minimum atomic E-state index is 0.694. The van der Waals surface area contributed by atoms with E-state index in [9.17, 15) is 0 Å². The second-order valence-electron chi connectivity index (χ2n) is 3.70. The number of rotatable bonds is 5. The lowest BCUT2D eigenvalue weighted by atomic mass is 10.2. The van der Waals surface area contributed by atoms with E-state index in [1.54, 1.807) is 0 Å². The van der Waals surface area contributed by atoms with Crippen LogP contribution >= 0.6 is 0 Å². The Morgan fingerprint density at radius 2 is 1.62 bits per heavy atom. The zero-order valence-corrected chi connectivity index (χ0v) is 9.23. The lowest BCUT2D eigenvalue weighted by molar-refractivity contribution is 0.124. The van der Waals surface area contributed by atoms with Gasteiger partial charge >= 0.3 is 0 Å². The highest BCUT2D eigenvalue weighted by Gasteiger charge is 1.93. The van der Waals surface area contributed by atoms with Crippen LogP contribution < -0.4 is 0 Å². The molecule has 0 fully saturated rings. The third-order valence-corrected chi connectivity index (χ3v) is 2.43. The molecular weight excluding hydrogens is 196 g/mol. The van der Waals surface area contributed by atoms with Crippen molar-refractivity contribution in [2.75, 3.05) is 6.61 Å². The van der Waals surface area contributed by atoms with Crippen molar-refractivity contribution in [2.24, 2.45) is 0 Å². The highest BCUT2D eigenvalue weighted by Crippen LogP contribution is 2.03. The number of ether oxygens (including phenoxy) is 1. The fourth-order valence-corrected chi connectivity index (χ4v) is 1.54. The standard InChI is InChI=1S/C15H15O/c1-3-7-14(8-4-1)11-12-16-13-15-9-5-2-6-10-15/h2-10H,11-13H2. The van der Waals surface area contributed by atoms with Gasteiger partial charge in [-0.25, -0.2) is 0 Å². The minimum absolute atomic E-state index is 0.694. The molecule has 2 aromatic rings. The third-order valence-electron chi connectivity index (χ3n) is 2.43. The molecule has 0 aliphatic rings. The first-order valence-corrected chi connectivity index (χ1v) is 5.52. The van der Waals surface area contributed by atoms with Crippen molar-refractivity contribution in [1.82, 2.24) is 0 Å². The van der Waals surface area contributed by atoms with Crippen molar-refractivity contribution in [3.8, 4) is 0 Å². The van der Waals surface area contributed by atoms with Crippen LogP contribution in [0.25, 0.3) is 0 Å². The lowest BCUT2D eigenvalue weighted by Gasteiger charge is -2.04. The average Bonchev–Trinajstić information content (AvgIpc) is 2.37. The Hall–Kier alpha value is -1.60. The summed E-state index contributed by atoms with van der Waals surface area (Å²) in [5, 5.41) is 0. The largest absolute Gasteiger partial charge is 0.376 e. The molecule has 0 saturated heterocycles. The Kier molecular flexibility index (Phi) is 4.15. The Morgan fingerprint density at radius 3 is 2.38 bits per heavy atom. The van der Waals surface area contributed by atoms with Crippen LogP contribution in [-0.2, 0) is 17.8 Å². The summed E-state index contributed by atoms with van der Waals surface area (Å²) in [4.78, 5) is 0. The molecule has 0 heterocycles. The molecule has 0 aliphatic heterocycles. The van der Waals surface area contributed by atoms with Crippen molar-refractivity contribution in [3.05, 3.63) is 71.8 Å². The molecule has 0 aromatic heterocycles. The van der Waals surface area contributed by atoms with Crippen LogP contribution in [0.2, 0.25) is 0 Å². The average molecular weight is 211 g/mol. The van der Waals surface area contributed by atoms with Crippen LogP contribution in [0.15, 0.2) is 54.6 Å². The number of hydrogen-bond acceptors (Lipinski definition) is 1. The number of benzene rings is 2. The minimum Gasteiger partial charge on any atom is -0.376 e. The maximum Gasteiger partial charge on any atom is 0.0717 e. The summed E-state index contributed by atoms with van der Waals surface area (Å²) in [5.41, 5.74) is 2.52. The van der Waals surface area contributed by atoms with E-state index in [1.165, 1.54) is 11.1 Å². The van der Waals surface area contributed by atoms with E-state index in [1.807, 2.05) is 30.3 Å². The van der Waals surface area contributed by atoms with Crippen molar-refractivity contribution in [2.45, 2.75) is 13.0 Å². The van der Waals surface area contributed by atoms with Gasteiger partial charge in [0.05, 0.1) is 13.2 Å². The summed E-state index contributed by atoms with van der Waals surface area (Å²) in [6.45, 7) is 1.46. The summed E-state index contributed by atoms with van der Waals surface area (Å²) >= 11 is 0. The molecule has 2 rings (SSSR count). The Balaban J connectivity index is 1.70.